The molecule has 0 aromatic carbocycles. The van der Waals surface area contributed by atoms with Gasteiger partial charge in [0.15, 0.2) is 5.52 Å². The van der Waals surface area contributed by atoms with Crippen LogP contribution in [-0.2, 0) is 0 Å². The minimum absolute atomic E-state index is 0.125. The van der Waals surface area contributed by atoms with Gasteiger partial charge in [0.2, 0.25) is 11.5 Å². The summed E-state index contributed by atoms with van der Waals surface area (Å²) in [6, 6.07) is 0.269. The van der Waals surface area contributed by atoms with Gasteiger partial charge in [-0.15, -0.1) is 5.10 Å². The number of methoxy groups -OCH3 is 3. The molecule has 0 radical (unpaired) electrons. The zero-order chi connectivity index (χ0) is 11.5. The maximum Gasteiger partial charge on any atom is 0.336 e. The van der Waals surface area contributed by atoms with E-state index in [4.69, 9.17) is 14.2 Å². The van der Waals surface area contributed by atoms with Crippen molar-refractivity contribution in [2.75, 3.05) is 21.3 Å². The second-order valence-corrected chi connectivity index (χ2v) is 2.69. The summed E-state index contributed by atoms with van der Waals surface area (Å²) in [5, 5.41) is 7.51. The van der Waals surface area contributed by atoms with Crippen molar-refractivity contribution in [1.29, 1.82) is 0 Å². The summed E-state index contributed by atoms with van der Waals surface area (Å²) in [4.78, 5) is 12.0. The number of fused-ring (bicyclic) bond motifs is 1. The van der Waals surface area contributed by atoms with Crippen molar-refractivity contribution < 1.29 is 14.2 Å². The molecule has 16 heavy (non-hydrogen) atoms. The smallest absolute Gasteiger partial charge is 0.336 e. The molecule has 0 bridgehead atoms. The molecule has 0 aliphatic heterocycles. The van der Waals surface area contributed by atoms with Gasteiger partial charge < -0.3 is 14.2 Å². The molecule has 0 fully saturated rings. The predicted octanol–water partition coefficient (Wildman–Crippen LogP) is -0.159. The fraction of sp³-hybridized carbons (Fsp3) is 0.375. The maximum absolute atomic E-state index is 5.05. The normalized spacial score (nSPS) is 10.2. The fourth-order valence-electron chi connectivity index (χ4n) is 1.10. The van der Waals surface area contributed by atoms with Crippen LogP contribution < -0.4 is 14.2 Å². The number of hydrogen-bond acceptors (Lipinski definition) is 8. The number of rotatable bonds is 3. The molecule has 0 N–H and O–H groups in total. The lowest BCUT2D eigenvalue weighted by Gasteiger charge is -2.04. The molecule has 2 rings (SSSR count). The van der Waals surface area contributed by atoms with Crippen LogP contribution in [-0.4, -0.2) is 46.5 Å². The minimum atomic E-state index is 0.125. The Bertz CT molecular complexity index is 518. The Morgan fingerprint density at radius 2 is 1.50 bits per heavy atom. The number of aromatic nitrogens is 5. The molecule has 2 heterocycles. The van der Waals surface area contributed by atoms with Gasteiger partial charge in [0.25, 0.3) is 0 Å². The van der Waals surface area contributed by atoms with Crippen LogP contribution in [0.3, 0.4) is 0 Å². The van der Waals surface area contributed by atoms with E-state index in [2.05, 4.69) is 25.1 Å². The first kappa shape index (κ1) is 10.3. The second kappa shape index (κ2) is 4.09. The van der Waals surface area contributed by atoms with Crippen LogP contribution in [0, 0.1) is 0 Å². The molecular weight excluding hydrogens is 214 g/mol. The first-order valence-corrected chi connectivity index (χ1v) is 4.33. The van der Waals surface area contributed by atoms with E-state index < -0.39 is 0 Å². The SMILES string of the molecule is COc1nc(OC)c2nc(OC)nnc2n1. The quantitative estimate of drug-likeness (QED) is 0.708. The Kier molecular flexibility index (Phi) is 2.63. The van der Waals surface area contributed by atoms with Crippen LogP contribution in [0.4, 0.5) is 0 Å². The Labute approximate surface area is 90.6 Å². The molecule has 0 atom stereocenters. The zero-order valence-electron chi connectivity index (χ0n) is 8.96. The van der Waals surface area contributed by atoms with Crippen molar-refractivity contribution in [2.45, 2.75) is 0 Å². The van der Waals surface area contributed by atoms with Gasteiger partial charge in [-0.3, -0.25) is 0 Å². The highest BCUT2D eigenvalue weighted by molar-refractivity contribution is 5.75. The van der Waals surface area contributed by atoms with Gasteiger partial charge in [-0.2, -0.15) is 15.0 Å². The van der Waals surface area contributed by atoms with Crippen molar-refractivity contribution in [3.05, 3.63) is 0 Å². The molecule has 8 heteroatoms. The molecule has 0 unspecified atom stereocenters. The van der Waals surface area contributed by atoms with E-state index in [0.717, 1.165) is 0 Å². The lowest BCUT2D eigenvalue weighted by Crippen LogP contribution is -2.02. The lowest BCUT2D eigenvalue weighted by molar-refractivity contribution is 0.352. The van der Waals surface area contributed by atoms with Gasteiger partial charge in [0.1, 0.15) is 0 Å². The summed E-state index contributed by atoms with van der Waals surface area (Å²) in [5.74, 6) is 0.259. The molecule has 0 spiro atoms. The van der Waals surface area contributed by atoms with E-state index >= 15 is 0 Å². The van der Waals surface area contributed by atoms with Crippen molar-refractivity contribution in [3.63, 3.8) is 0 Å². The topological polar surface area (TPSA) is 92.1 Å². The van der Waals surface area contributed by atoms with E-state index in [1.165, 1.54) is 21.3 Å². The van der Waals surface area contributed by atoms with Gasteiger partial charge in [0.05, 0.1) is 21.3 Å². The van der Waals surface area contributed by atoms with Crippen LogP contribution in [0.2, 0.25) is 0 Å². The molecule has 0 amide bonds. The van der Waals surface area contributed by atoms with Crippen LogP contribution in [0.1, 0.15) is 0 Å². The number of hydrogen-bond donors (Lipinski definition) is 0. The summed E-state index contributed by atoms with van der Waals surface area (Å²) in [5.41, 5.74) is 0.652. The average Bonchev–Trinajstić information content (AvgIpc) is 2.36. The predicted molar refractivity (Wildman–Crippen MR) is 52.6 cm³/mol. The van der Waals surface area contributed by atoms with Crippen LogP contribution >= 0.6 is 0 Å². The molecule has 0 saturated carbocycles. The standard InChI is InChI=1S/C8H9N5O3/c1-14-6-4-5(10-7(11-6)15-2)12-13-8(9-4)16-3/h1-3H3. The first-order valence-electron chi connectivity index (χ1n) is 4.33. The van der Waals surface area contributed by atoms with E-state index in [1.807, 2.05) is 0 Å². The second-order valence-electron chi connectivity index (χ2n) is 2.69. The maximum atomic E-state index is 5.05. The Balaban J connectivity index is 2.69. The highest BCUT2D eigenvalue weighted by Crippen LogP contribution is 2.21. The molecule has 8 nitrogen and oxygen atoms in total. The van der Waals surface area contributed by atoms with Crippen molar-refractivity contribution in [3.8, 4) is 17.9 Å². The van der Waals surface area contributed by atoms with Gasteiger partial charge in [-0.05, 0) is 0 Å². The molecule has 2 aromatic rings. The third-order valence-electron chi connectivity index (χ3n) is 1.81. The summed E-state index contributed by atoms with van der Waals surface area (Å²) >= 11 is 0. The van der Waals surface area contributed by atoms with E-state index in [-0.39, 0.29) is 23.5 Å². The largest absolute Gasteiger partial charge is 0.479 e. The third kappa shape index (κ3) is 1.64. The molecule has 0 saturated heterocycles. The van der Waals surface area contributed by atoms with Gasteiger partial charge in [0, 0.05) is 0 Å². The van der Waals surface area contributed by atoms with Crippen LogP contribution in [0.25, 0.3) is 11.2 Å². The van der Waals surface area contributed by atoms with E-state index in [9.17, 15) is 0 Å². The molecule has 84 valence electrons. The zero-order valence-corrected chi connectivity index (χ0v) is 8.96. The first-order chi connectivity index (χ1) is 7.78. The van der Waals surface area contributed by atoms with Crippen molar-refractivity contribution >= 4 is 11.2 Å². The lowest BCUT2D eigenvalue weighted by atomic mass is 10.5. The Morgan fingerprint density at radius 3 is 2.12 bits per heavy atom. The summed E-state index contributed by atoms with van der Waals surface area (Å²) < 4.78 is 14.8. The van der Waals surface area contributed by atoms with Crippen molar-refractivity contribution in [1.82, 2.24) is 25.1 Å². The molecular formula is C8H9N5O3. The molecule has 0 aliphatic carbocycles. The fourth-order valence-corrected chi connectivity index (χ4v) is 1.10. The average molecular weight is 223 g/mol. The Morgan fingerprint density at radius 1 is 0.750 bits per heavy atom. The minimum Gasteiger partial charge on any atom is -0.479 e. The van der Waals surface area contributed by atoms with Gasteiger partial charge in [-0.25, -0.2) is 0 Å². The number of nitrogens with zero attached hydrogens (tertiary/aromatic N) is 5. The van der Waals surface area contributed by atoms with Crippen LogP contribution in [0.15, 0.2) is 0 Å². The van der Waals surface area contributed by atoms with Crippen LogP contribution in [0.5, 0.6) is 17.9 Å². The Hall–Kier alpha value is -2.25. The number of ether oxygens (including phenoxy) is 3. The highest BCUT2D eigenvalue weighted by atomic mass is 16.5. The van der Waals surface area contributed by atoms with E-state index in [0.29, 0.717) is 5.52 Å². The summed E-state index contributed by atoms with van der Waals surface area (Å²) in [7, 11) is 4.36. The third-order valence-corrected chi connectivity index (χ3v) is 1.81. The van der Waals surface area contributed by atoms with Gasteiger partial charge >= 0.3 is 12.0 Å². The van der Waals surface area contributed by atoms with E-state index in [1.54, 1.807) is 0 Å². The van der Waals surface area contributed by atoms with Gasteiger partial charge in [-0.1, -0.05) is 5.10 Å². The molecule has 0 aliphatic rings. The summed E-state index contributed by atoms with van der Waals surface area (Å²) in [6.07, 6.45) is 0. The summed E-state index contributed by atoms with van der Waals surface area (Å²) in [6.45, 7) is 0. The van der Waals surface area contributed by atoms with Crippen molar-refractivity contribution in [2.24, 2.45) is 0 Å². The highest BCUT2D eigenvalue weighted by Gasteiger charge is 2.13. The molecule has 2 aromatic heterocycles. The monoisotopic (exact) mass is 223 g/mol.